The van der Waals surface area contributed by atoms with Gasteiger partial charge in [0.05, 0.1) is 18.1 Å². The molecule has 0 aromatic carbocycles. The van der Waals surface area contributed by atoms with Gasteiger partial charge in [-0.2, -0.15) is 5.10 Å². The average molecular weight is 191 g/mol. The Kier molecular flexibility index (Phi) is 3.60. The maximum Gasteiger partial charge on any atom is 0.154 e. The van der Waals surface area contributed by atoms with Gasteiger partial charge in [0.25, 0.3) is 0 Å². The molecule has 0 bridgehead atoms. The number of hydrogen-bond donors (Lipinski definition) is 2. The number of hydrazone groups is 1. The first-order valence-electron chi connectivity index (χ1n) is 4.18. The minimum absolute atomic E-state index is 0.644. The van der Waals surface area contributed by atoms with Gasteiger partial charge in [-0.15, -0.1) is 0 Å². The molecule has 5 nitrogen and oxygen atoms in total. The van der Waals surface area contributed by atoms with Crippen LogP contribution in [-0.2, 0) is 0 Å². The fraction of sp³-hybridized carbons (Fsp3) is 0.222. The van der Waals surface area contributed by atoms with Gasteiger partial charge in [-0.3, -0.25) is 0 Å². The van der Waals surface area contributed by atoms with Crippen molar-refractivity contribution in [2.24, 2.45) is 10.1 Å². The Morgan fingerprint density at radius 1 is 1.50 bits per heavy atom. The van der Waals surface area contributed by atoms with Crippen LogP contribution in [0.1, 0.15) is 5.56 Å². The minimum atomic E-state index is 0.644. The number of pyridine rings is 1. The molecular weight excluding hydrogens is 178 g/mol. The van der Waals surface area contributed by atoms with Gasteiger partial charge in [0, 0.05) is 13.3 Å². The van der Waals surface area contributed by atoms with Crippen molar-refractivity contribution in [3.8, 4) is 0 Å². The highest BCUT2D eigenvalue weighted by molar-refractivity contribution is 6.16. The van der Waals surface area contributed by atoms with E-state index in [1.807, 2.05) is 13.0 Å². The third-order valence-corrected chi connectivity index (χ3v) is 1.54. The highest BCUT2D eigenvalue weighted by Gasteiger charge is 1.95. The second-order valence-electron chi connectivity index (χ2n) is 2.69. The molecule has 1 rings (SSSR count). The summed E-state index contributed by atoms with van der Waals surface area (Å²) < 4.78 is 0. The standard InChI is InChI=1S/C9H13N5/c1-7-5-8(10)6-13-9(7)12-3-4-14-11-2/h3-6,11H,10H2,1-2H3. The van der Waals surface area contributed by atoms with Gasteiger partial charge in [-0.25, -0.2) is 9.98 Å². The van der Waals surface area contributed by atoms with Crippen molar-refractivity contribution in [1.29, 1.82) is 0 Å². The van der Waals surface area contributed by atoms with Crippen LogP contribution in [0, 0.1) is 6.92 Å². The molecule has 0 aliphatic carbocycles. The first-order chi connectivity index (χ1) is 6.74. The van der Waals surface area contributed by atoms with E-state index in [1.54, 1.807) is 25.7 Å². The molecule has 1 heterocycles. The summed E-state index contributed by atoms with van der Waals surface area (Å²) in [7, 11) is 1.72. The number of nitrogen functional groups attached to an aromatic ring is 1. The molecule has 1 aromatic heterocycles. The monoisotopic (exact) mass is 191 g/mol. The zero-order valence-electron chi connectivity index (χ0n) is 8.23. The van der Waals surface area contributed by atoms with Gasteiger partial charge in [-0.05, 0) is 18.6 Å². The summed E-state index contributed by atoms with van der Waals surface area (Å²) in [5, 5.41) is 3.76. The second-order valence-corrected chi connectivity index (χ2v) is 2.69. The van der Waals surface area contributed by atoms with Gasteiger partial charge >= 0.3 is 0 Å². The van der Waals surface area contributed by atoms with Crippen molar-refractivity contribution in [2.45, 2.75) is 6.92 Å². The molecule has 0 saturated heterocycles. The first-order valence-corrected chi connectivity index (χ1v) is 4.18. The van der Waals surface area contributed by atoms with Crippen molar-refractivity contribution in [3.05, 3.63) is 17.8 Å². The normalized spacial score (nSPS) is 11.3. The molecule has 0 amide bonds. The number of hydrogen-bond acceptors (Lipinski definition) is 5. The Morgan fingerprint density at radius 3 is 2.93 bits per heavy atom. The van der Waals surface area contributed by atoms with Crippen LogP contribution in [0.15, 0.2) is 22.4 Å². The molecule has 14 heavy (non-hydrogen) atoms. The van der Waals surface area contributed by atoms with Crippen LogP contribution in [-0.4, -0.2) is 24.5 Å². The largest absolute Gasteiger partial charge is 0.397 e. The molecule has 0 radical (unpaired) electrons. The lowest BCUT2D eigenvalue weighted by molar-refractivity contribution is 0.910. The Balaban J connectivity index is 2.77. The van der Waals surface area contributed by atoms with Crippen molar-refractivity contribution in [1.82, 2.24) is 10.4 Å². The van der Waals surface area contributed by atoms with Crippen LogP contribution < -0.4 is 11.2 Å². The Bertz CT molecular complexity index is 356. The lowest BCUT2D eigenvalue weighted by atomic mass is 10.3. The van der Waals surface area contributed by atoms with Crippen LogP contribution in [0.5, 0.6) is 0 Å². The molecular formula is C9H13N5. The maximum atomic E-state index is 5.55. The number of nitrogens with zero attached hydrogens (tertiary/aromatic N) is 3. The van der Waals surface area contributed by atoms with E-state index in [0.29, 0.717) is 11.5 Å². The average Bonchev–Trinajstić information content (AvgIpc) is 2.15. The topological polar surface area (TPSA) is 75.7 Å². The lowest BCUT2D eigenvalue weighted by Crippen LogP contribution is -1.94. The molecule has 0 unspecified atom stereocenters. The molecule has 74 valence electrons. The Labute approximate surface area is 82.8 Å². The maximum absolute atomic E-state index is 5.55. The summed E-state index contributed by atoms with van der Waals surface area (Å²) in [6.07, 6.45) is 4.70. The predicted octanol–water partition coefficient (Wildman–Crippen LogP) is 0.880. The van der Waals surface area contributed by atoms with Gasteiger partial charge in [0.2, 0.25) is 0 Å². The summed E-state index contributed by atoms with van der Waals surface area (Å²) in [6, 6.07) is 1.83. The summed E-state index contributed by atoms with van der Waals surface area (Å²) in [5.41, 5.74) is 9.76. The van der Waals surface area contributed by atoms with E-state index >= 15 is 0 Å². The minimum Gasteiger partial charge on any atom is -0.397 e. The fourth-order valence-corrected chi connectivity index (χ4v) is 0.936. The zero-order valence-corrected chi connectivity index (χ0v) is 8.23. The number of aryl methyl sites for hydroxylation is 1. The highest BCUT2D eigenvalue weighted by atomic mass is 15.3. The van der Waals surface area contributed by atoms with Gasteiger partial charge < -0.3 is 11.2 Å². The highest BCUT2D eigenvalue weighted by Crippen LogP contribution is 2.15. The van der Waals surface area contributed by atoms with Crippen LogP contribution in [0.4, 0.5) is 11.5 Å². The van der Waals surface area contributed by atoms with Crippen LogP contribution >= 0.6 is 0 Å². The van der Waals surface area contributed by atoms with Crippen LogP contribution in [0.3, 0.4) is 0 Å². The van der Waals surface area contributed by atoms with E-state index in [0.717, 1.165) is 5.56 Å². The van der Waals surface area contributed by atoms with Gasteiger partial charge in [0.15, 0.2) is 5.82 Å². The quantitative estimate of drug-likeness (QED) is 0.550. The first kappa shape index (κ1) is 10.2. The summed E-state index contributed by atoms with van der Waals surface area (Å²) in [4.78, 5) is 8.17. The summed E-state index contributed by atoms with van der Waals surface area (Å²) in [5.74, 6) is 0.654. The van der Waals surface area contributed by atoms with Crippen LogP contribution in [0.2, 0.25) is 0 Å². The molecule has 5 heteroatoms. The summed E-state index contributed by atoms with van der Waals surface area (Å²) >= 11 is 0. The summed E-state index contributed by atoms with van der Waals surface area (Å²) in [6.45, 7) is 1.91. The van der Waals surface area contributed by atoms with E-state index in [1.165, 1.54) is 0 Å². The van der Waals surface area contributed by atoms with Crippen molar-refractivity contribution in [3.63, 3.8) is 0 Å². The molecule has 0 saturated carbocycles. The lowest BCUT2D eigenvalue weighted by Gasteiger charge is -1.98. The second kappa shape index (κ2) is 4.96. The molecule has 0 aliphatic heterocycles. The van der Waals surface area contributed by atoms with Gasteiger partial charge in [0.1, 0.15) is 0 Å². The Hall–Kier alpha value is -1.91. The number of nitrogens with one attached hydrogen (secondary N) is 1. The fourth-order valence-electron chi connectivity index (χ4n) is 0.936. The van der Waals surface area contributed by atoms with E-state index in [9.17, 15) is 0 Å². The molecule has 0 fully saturated rings. The Morgan fingerprint density at radius 2 is 2.29 bits per heavy atom. The smallest absolute Gasteiger partial charge is 0.154 e. The third kappa shape index (κ3) is 2.85. The molecule has 0 spiro atoms. The van der Waals surface area contributed by atoms with Crippen molar-refractivity contribution < 1.29 is 0 Å². The number of rotatable bonds is 3. The molecule has 3 N–H and O–H groups in total. The SMILES string of the molecule is CNN=CC=Nc1ncc(N)cc1C. The number of aromatic nitrogens is 1. The van der Waals surface area contributed by atoms with Crippen molar-refractivity contribution >= 4 is 23.9 Å². The molecule has 0 atom stereocenters. The van der Waals surface area contributed by atoms with E-state index in [2.05, 4.69) is 20.5 Å². The van der Waals surface area contributed by atoms with Crippen LogP contribution in [0.25, 0.3) is 0 Å². The number of anilines is 1. The molecule has 1 aromatic rings. The number of nitrogens with two attached hydrogens (primary N) is 1. The predicted molar refractivity (Wildman–Crippen MR) is 59.1 cm³/mol. The van der Waals surface area contributed by atoms with Gasteiger partial charge in [-0.1, -0.05) is 0 Å². The van der Waals surface area contributed by atoms with E-state index < -0.39 is 0 Å². The van der Waals surface area contributed by atoms with E-state index in [-0.39, 0.29) is 0 Å². The van der Waals surface area contributed by atoms with E-state index in [4.69, 9.17) is 5.73 Å². The molecule has 0 aliphatic rings. The van der Waals surface area contributed by atoms with Crippen molar-refractivity contribution in [2.75, 3.05) is 12.8 Å². The number of aliphatic imine (C=N–C) groups is 1. The zero-order chi connectivity index (χ0) is 10.4. The third-order valence-electron chi connectivity index (χ3n) is 1.54.